The maximum absolute atomic E-state index is 13.3. The minimum absolute atomic E-state index is 0.0985. The minimum atomic E-state index is -1.20. The predicted octanol–water partition coefficient (Wildman–Crippen LogP) is 1.78. The van der Waals surface area contributed by atoms with Gasteiger partial charge in [-0.25, -0.2) is 8.78 Å². The number of ether oxygens (including phenoxy) is 1. The molecule has 74 valence electrons. The van der Waals surface area contributed by atoms with Gasteiger partial charge < -0.3 is 4.74 Å². The van der Waals surface area contributed by atoms with Crippen molar-refractivity contribution in [2.24, 2.45) is 0 Å². The zero-order chi connectivity index (χ0) is 10.3. The van der Waals surface area contributed by atoms with Crippen molar-refractivity contribution in [2.75, 3.05) is 0 Å². The van der Waals surface area contributed by atoms with Gasteiger partial charge in [0.1, 0.15) is 11.6 Å². The maximum Gasteiger partial charge on any atom is 0.177 e. The quantitative estimate of drug-likeness (QED) is 0.535. The van der Waals surface area contributed by atoms with Crippen LogP contribution in [0.25, 0.3) is 0 Å². The summed E-state index contributed by atoms with van der Waals surface area (Å²) < 4.78 is 30.9. The van der Waals surface area contributed by atoms with Gasteiger partial charge in [0.25, 0.3) is 0 Å². The molecule has 1 heterocycles. The zero-order valence-electron chi connectivity index (χ0n) is 7.46. The summed E-state index contributed by atoms with van der Waals surface area (Å²) in [5.41, 5.74) is -1.10. The van der Waals surface area contributed by atoms with Crippen LogP contribution in [0.5, 0.6) is 0 Å². The summed E-state index contributed by atoms with van der Waals surface area (Å²) in [4.78, 5) is 10.8. The van der Waals surface area contributed by atoms with E-state index in [1.54, 1.807) is 6.92 Å². The summed E-state index contributed by atoms with van der Waals surface area (Å²) in [6.07, 6.45) is 0.202. The Morgan fingerprint density at radius 3 is 2.57 bits per heavy atom. The van der Waals surface area contributed by atoms with Crippen molar-refractivity contribution in [1.29, 1.82) is 0 Å². The van der Waals surface area contributed by atoms with E-state index in [1.165, 1.54) is 6.07 Å². The Kier molecular flexibility index (Phi) is 1.89. The van der Waals surface area contributed by atoms with Crippen LogP contribution in [0, 0.1) is 11.6 Å². The van der Waals surface area contributed by atoms with Gasteiger partial charge in [0.2, 0.25) is 0 Å². The third-order valence-electron chi connectivity index (χ3n) is 2.45. The van der Waals surface area contributed by atoms with Crippen LogP contribution in [0.3, 0.4) is 0 Å². The van der Waals surface area contributed by atoms with Gasteiger partial charge >= 0.3 is 0 Å². The van der Waals surface area contributed by atoms with Gasteiger partial charge in [0, 0.05) is 11.6 Å². The van der Waals surface area contributed by atoms with E-state index in [2.05, 4.69) is 0 Å². The third kappa shape index (κ3) is 1.14. The molecule has 0 aliphatic carbocycles. The van der Waals surface area contributed by atoms with Crippen LogP contribution < -0.4 is 0 Å². The summed E-state index contributed by atoms with van der Waals surface area (Å²) in [7, 11) is 0. The summed E-state index contributed by atoms with van der Waals surface area (Å²) >= 11 is 0. The number of hydrogen-bond acceptors (Lipinski definition) is 2. The summed E-state index contributed by atoms with van der Waals surface area (Å²) in [5, 5.41) is 0. The second kappa shape index (κ2) is 2.85. The van der Waals surface area contributed by atoms with Gasteiger partial charge in [0.15, 0.2) is 11.9 Å². The Bertz CT molecular complexity index is 392. The monoisotopic (exact) mass is 198 g/mol. The minimum Gasteiger partial charge on any atom is -0.353 e. The molecule has 2 rings (SSSR count). The molecule has 0 aromatic heterocycles. The van der Waals surface area contributed by atoms with Crippen molar-refractivity contribution < 1.29 is 18.3 Å². The molecule has 0 amide bonds. The lowest BCUT2D eigenvalue weighted by Gasteiger charge is -2.05. The largest absolute Gasteiger partial charge is 0.353 e. The number of rotatable bonds is 2. The van der Waals surface area contributed by atoms with Gasteiger partial charge in [-0.05, 0) is 19.1 Å². The molecular weight excluding hydrogens is 190 g/mol. The van der Waals surface area contributed by atoms with E-state index >= 15 is 0 Å². The van der Waals surface area contributed by atoms with Crippen molar-refractivity contribution in [1.82, 2.24) is 0 Å². The SMILES string of the molecule is C[C@@H]1O[C@@]1(C=O)c1ccc(F)cc1F. The molecule has 14 heavy (non-hydrogen) atoms. The number of hydrogen-bond donors (Lipinski definition) is 0. The highest BCUT2D eigenvalue weighted by molar-refractivity contribution is 5.71. The molecule has 1 fully saturated rings. The van der Waals surface area contributed by atoms with Crippen molar-refractivity contribution in [3.8, 4) is 0 Å². The first kappa shape index (κ1) is 9.27. The highest BCUT2D eigenvalue weighted by atomic mass is 19.1. The Morgan fingerprint density at radius 2 is 2.14 bits per heavy atom. The number of halogens is 2. The lowest BCUT2D eigenvalue weighted by molar-refractivity contribution is -0.112. The highest BCUT2D eigenvalue weighted by Crippen LogP contribution is 2.45. The molecule has 1 aromatic carbocycles. The smallest absolute Gasteiger partial charge is 0.177 e. The lowest BCUT2D eigenvalue weighted by Crippen LogP contribution is -2.15. The van der Waals surface area contributed by atoms with E-state index in [0.717, 1.165) is 12.1 Å². The highest BCUT2D eigenvalue weighted by Gasteiger charge is 2.56. The van der Waals surface area contributed by atoms with Crippen LogP contribution in [-0.4, -0.2) is 12.4 Å². The van der Waals surface area contributed by atoms with Crippen LogP contribution in [0.15, 0.2) is 18.2 Å². The lowest BCUT2D eigenvalue weighted by atomic mass is 9.97. The van der Waals surface area contributed by atoms with Crippen LogP contribution in [0.4, 0.5) is 8.78 Å². The number of carbonyl (C=O) groups is 1. The van der Waals surface area contributed by atoms with E-state index in [0.29, 0.717) is 6.29 Å². The topological polar surface area (TPSA) is 29.6 Å². The molecule has 0 unspecified atom stereocenters. The van der Waals surface area contributed by atoms with E-state index in [1.807, 2.05) is 0 Å². The van der Waals surface area contributed by atoms with Crippen molar-refractivity contribution in [3.63, 3.8) is 0 Å². The number of epoxide rings is 1. The second-order valence-corrected chi connectivity index (χ2v) is 3.30. The van der Waals surface area contributed by atoms with Crippen LogP contribution in [0.2, 0.25) is 0 Å². The van der Waals surface area contributed by atoms with Gasteiger partial charge in [-0.3, -0.25) is 4.79 Å². The molecule has 0 N–H and O–H groups in total. The fourth-order valence-electron chi connectivity index (χ4n) is 1.53. The molecule has 1 aliphatic rings. The number of benzene rings is 1. The van der Waals surface area contributed by atoms with E-state index in [9.17, 15) is 13.6 Å². The molecule has 2 atom stereocenters. The molecule has 0 spiro atoms. The van der Waals surface area contributed by atoms with Crippen molar-refractivity contribution in [2.45, 2.75) is 18.6 Å². The summed E-state index contributed by atoms with van der Waals surface area (Å²) in [6.45, 7) is 1.66. The number of aldehydes is 1. The van der Waals surface area contributed by atoms with Crippen molar-refractivity contribution >= 4 is 6.29 Å². The summed E-state index contributed by atoms with van der Waals surface area (Å²) in [6, 6.07) is 3.09. The van der Waals surface area contributed by atoms with Gasteiger partial charge in [-0.1, -0.05) is 0 Å². The third-order valence-corrected chi connectivity index (χ3v) is 2.45. The van der Waals surface area contributed by atoms with Crippen LogP contribution >= 0.6 is 0 Å². The Labute approximate surface area is 79.5 Å². The second-order valence-electron chi connectivity index (χ2n) is 3.30. The van der Waals surface area contributed by atoms with Crippen LogP contribution in [0.1, 0.15) is 12.5 Å². The standard InChI is InChI=1S/C10H8F2O2/c1-6-10(5-13,14-6)8-3-2-7(11)4-9(8)12/h2-6H,1H3/t6-,10+/m0/s1. The first-order valence-corrected chi connectivity index (χ1v) is 4.20. The van der Waals surface area contributed by atoms with E-state index < -0.39 is 17.2 Å². The van der Waals surface area contributed by atoms with E-state index in [-0.39, 0.29) is 11.7 Å². The first-order chi connectivity index (χ1) is 6.60. The molecule has 1 aliphatic heterocycles. The van der Waals surface area contributed by atoms with Gasteiger partial charge in [-0.2, -0.15) is 0 Å². The Morgan fingerprint density at radius 1 is 1.50 bits per heavy atom. The van der Waals surface area contributed by atoms with Crippen molar-refractivity contribution in [3.05, 3.63) is 35.4 Å². The molecule has 2 nitrogen and oxygen atoms in total. The molecular formula is C10H8F2O2. The molecule has 0 radical (unpaired) electrons. The fraction of sp³-hybridized carbons (Fsp3) is 0.300. The molecule has 1 saturated heterocycles. The average Bonchev–Trinajstić information content (AvgIpc) is 2.78. The average molecular weight is 198 g/mol. The molecule has 0 saturated carbocycles. The first-order valence-electron chi connectivity index (χ1n) is 4.20. The predicted molar refractivity (Wildman–Crippen MR) is 44.6 cm³/mol. The normalized spacial score (nSPS) is 30.1. The Hall–Kier alpha value is -1.29. The van der Waals surface area contributed by atoms with Gasteiger partial charge in [0.05, 0.1) is 6.10 Å². The molecule has 1 aromatic rings. The van der Waals surface area contributed by atoms with E-state index in [4.69, 9.17) is 4.74 Å². The maximum atomic E-state index is 13.3. The van der Waals surface area contributed by atoms with Gasteiger partial charge in [-0.15, -0.1) is 0 Å². The molecule has 0 bridgehead atoms. The summed E-state index contributed by atoms with van der Waals surface area (Å²) in [5.74, 6) is -1.41. The Balaban J connectivity index is 2.47. The number of carbonyl (C=O) groups excluding carboxylic acids is 1. The molecule has 4 heteroatoms. The fourth-order valence-corrected chi connectivity index (χ4v) is 1.53. The van der Waals surface area contributed by atoms with Crippen LogP contribution in [-0.2, 0) is 15.1 Å². The zero-order valence-corrected chi connectivity index (χ0v) is 7.46.